The SMILES string of the molecule is ClCC1(Cc2cccc(Cl)c2Cl)CCOCC1. The summed E-state index contributed by atoms with van der Waals surface area (Å²) >= 11 is 18.4. The zero-order valence-electron chi connectivity index (χ0n) is 9.52. The van der Waals surface area contributed by atoms with Gasteiger partial charge in [0, 0.05) is 19.1 Å². The summed E-state index contributed by atoms with van der Waals surface area (Å²) in [6.07, 6.45) is 2.85. The van der Waals surface area contributed by atoms with Crippen LogP contribution >= 0.6 is 34.8 Å². The topological polar surface area (TPSA) is 9.23 Å². The second-order valence-electron chi connectivity index (χ2n) is 4.64. The molecular formula is C13H15Cl3O. The molecule has 4 heteroatoms. The van der Waals surface area contributed by atoms with Crippen molar-refractivity contribution in [3.63, 3.8) is 0 Å². The van der Waals surface area contributed by atoms with Gasteiger partial charge in [0.05, 0.1) is 10.0 Å². The summed E-state index contributed by atoms with van der Waals surface area (Å²) < 4.78 is 5.40. The van der Waals surface area contributed by atoms with E-state index < -0.39 is 0 Å². The molecule has 0 spiro atoms. The third-order valence-corrected chi connectivity index (χ3v) is 4.86. The van der Waals surface area contributed by atoms with Crippen LogP contribution in [-0.2, 0) is 11.2 Å². The summed E-state index contributed by atoms with van der Waals surface area (Å²) in [5, 5.41) is 1.27. The van der Waals surface area contributed by atoms with E-state index in [1.807, 2.05) is 18.2 Å². The normalized spacial score (nSPS) is 19.2. The number of hydrogen-bond donors (Lipinski definition) is 0. The lowest BCUT2D eigenvalue weighted by molar-refractivity contribution is 0.0258. The standard InChI is InChI=1S/C13H15Cl3O/c14-9-13(4-6-17-7-5-13)8-10-2-1-3-11(15)12(10)16/h1-3H,4-9H2. The Morgan fingerprint density at radius 1 is 1.18 bits per heavy atom. The molecule has 0 saturated carbocycles. The molecule has 1 saturated heterocycles. The largest absolute Gasteiger partial charge is 0.381 e. The van der Waals surface area contributed by atoms with Gasteiger partial charge in [-0.25, -0.2) is 0 Å². The Morgan fingerprint density at radius 3 is 2.53 bits per heavy atom. The van der Waals surface area contributed by atoms with Gasteiger partial charge < -0.3 is 4.74 Å². The summed E-state index contributed by atoms with van der Waals surface area (Å²) in [5.41, 5.74) is 1.19. The molecule has 1 fully saturated rings. The molecule has 1 heterocycles. The van der Waals surface area contributed by atoms with E-state index in [0.29, 0.717) is 15.9 Å². The van der Waals surface area contributed by atoms with Crippen LogP contribution in [0.3, 0.4) is 0 Å². The van der Waals surface area contributed by atoms with E-state index >= 15 is 0 Å². The van der Waals surface area contributed by atoms with Gasteiger partial charge in [0.2, 0.25) is 0 Å². The second kappa shape index (κ2) is 5.79. The molecule has 1 aliphatic heterocycles. The van der Waals surface area contributed by atoms with Gasteiger partial charge in [-0.05, 0) is 36.3 Å². The van der Waals surface area contributed by atoms with Crippen molar-refractivity contribution in [3.8, 4) is 0 Å². The lowest BCUT2D eigenvalue weighted by atomic mass is 9.77. The summed E-state index contributed by atoms with van der Waals surface area (Å²) in [5.74, 6) is 0.638. The van der Waals surface area contributed by atoms with E-state index in [1.54, 1.807) is 0 Å². The first-order valence-corrected chi connectivity index (χ1v) is 7.02. The lowest BCUT2D eigenvalue weighted by Gasteiger charge is -2.35. The number of rotatable bonds is 3. The predicted molar refractivity (Wildman–Crippen MR) is 73.4 cm³/mol. The lowest BCUT2D eigenvalue weighted by Crippen LogP contribution is -2.33. The minimum Gasteiger partial charge on any atom is -0.381 e. The van der Waals surface area contributed by atoms with Crippen LogP contribution in [0.1, 0.15) is 18.4 Å². The Labute approximate surface area is 117 Å². The Balaban J connectivity index is 2.20. The predicted octanol–water partition coefficient (Wildman–Crippen LogP) is 4.57. The Morgan fingerprint density at radius 2 is 1.88 bits per heavy atom. The van der Waals surface area contributed by atoms with Crippen molar-refractivity contribution in [2.45, 2.75) is 19.3 Å². The van der Waals surface area contributed by atoms with Crippen LogP contribution in [0.4, 0.5) is 0 Å². The monoisotopic (exact) mass is 292 g/mol. The summed E-state index contributed by atoms with van der Waals surface area (Å²) in [6, 6.07) is 5.77. The van der Waals surface area contributed by atoms with Gasteiger partial charge >= 0.3 is 0 Å². The highest BCUT2D eigenvalue weighted by Gasteiger charge is 2.32. The van der Waals surface area contributed by atoms with E-state index in [-0.39, 0.29) is 5.41 Å². The minimum absolute atomic E-state index is 0.105. The van der Waals surface area contributed by atoms with Gasteiger partial charge in [-0.3, -0.25) is 0 Å². The first-order valence-electron chi connectivity index (χ1n) is 5.73. The smallest absolute Gasteiger partial charge is 0.0624 e. The van der Waals surface area contributed by atoms with E-state index in [0.717, 1.165) is 38.0 Å². The van der Waals surface area contributed by atoms with Crippen LogP contribution in [0.15, 0.2) is 18.2 Å². The fraction of sp³-hybridized carbons (Fsp3) is 0.538. The number of ether oxygens (including phenoxy) is 1. The fourth-order valence-corrected chi connectivity index (χ4v) is 3.00. The molecule has 0 aromatic heterocycles. The van der Waals surface area contributed by atoms with Crippen LogP contribution in [0.5, 0.6) is 0 Å². The maximum Gasteiger partial charge on any atom is 0.0624 e. The molecule has 0 aliphatic carbocycles. The fourth-order valence-electron chi connectivity index (χ4n) is 2.25. The molecule has 17 heavy (non-hydrogen) atoms. The molecule has 1 nitrogen and oxygen atoms in total. The van der Waals surface area contributed by atoms with Crippen LogP contribution < -0.4 is 0 Å². The van der Waals surface area contributed by atoms with Gasteiger partial charge in [-0.15, -0.1) is 11.6 Å². The summed E-state index contributed by atoms with van der Waals surface area (Å²) in [4.78, 5) is 0. The van der Waals surface area contributed by atoms with E-state index in [4.69, 9.17) is 39.5 Å². The molecular weight excluding hydrogens is 279 g/mol. The Bertz CT molecular complexity index is 386. The van der Waals surface area contributed by atoms with E-state index in [9.17, 15) is 0 Å². The molecule has 1 aromatic carbocycles. The van der Waals surface area contributed by atoms with Gasteiger partial charge in [0.15, 0.2) is 0 Å². The molecule has 0 N–H and O–H groups in total. The first-order chi connectivity index (χ1) is 8.17. The molecule has 0 unspecified atom stereocenters. The molecule has 0 bridgehead atoms. The highest BCUT2D eigenvalue weighted by atomic mass is 35.5. The van der Waals surface area contributed by atoms with Crippen molar-refractivity contribution in [1.29, 1.82) is 0 Å². The summed E-state index contributed by atoms with van der Waals surface area (Å²) in [6.45, 7) is 1.57. The average Bonchev–Trinajstić information content (AvgIpc) is 2.36. The molecule has 2 rings (SSSR count). The van der Waals surface area contributed by atoms with Crippen LogP contribution in [0.2, 0.25) is 10.0 Å². The molecule has 94 valence electrons. The van der Waals surface area contributed by atoms with Crippen LogP contribution in [0, 0.1) is 5.41 Å². The van der Waals surface area contributed by atoms with Gasteiger partial charge in [-0.1, -0.05) is 35.3 Å². The maximum absolute atomic E-state index is 6.23. The van der Waals surface area contributed by atoms with Crippen molar-refractivity contribution in [3.05, 3.63) is 33.8 Å². The van der Waals surface area contributed by atoms with Crippen molar-refractivity contribution in [2.75, 3.05) is 19.1 Å². The second-order valence-corrected chi connectivity index (χ2v) is 5.69. The number of halogens is 3. The third kappa shape index (κ3) is 3.08. The van der Waals surface area contributed by atoms with Gasteiger partial charge in [0.25, 0.3) is 0 Å². The highest BCUT2D eigenvalue weighted by Crippen LogP contribution is 2.38. The number of benzene rings is 1. The van der Waals surface area contributed by atoms with E-state index in [1.165, 1.54) is 0 Å². The van der Waals surface area contributed by atoms with Crippen molar-refractivity contribution in [1.82, 2.24) is 0 Å². The van der Waals surface area contributed by atoms with Gasteiger partial charge in [0.1, 0.15) is 0 Å². The molecule has 0 radical (unpaired) electrons. The third-order valence-electron chi connectivity index (χ3n) is 3.43. The zero-order valence-corrected chi connectivity index (χ0v) is 11.8. The minimum atomic E-state index is 0.105. The maximum atomic E-state index is 6.23. The Hall–Kier alpha value is 0.0500. The molecule has 1 aromatic rings. The average molecular weight is 294 g/mol. The van der Waals surface area contributed by atoms with Crippen LogP contribution in [-0.4, -0.2) is 19.1 Å². The van der Waals surface area contributed by atoms with E-state index in [2.05, 4.69) is 0 Å². The van der Waals surface area contributed by atoms with Crippen LogP contribution in [0.25, 0.3) is 0 Å². The van der Waals surface area contributed by atoms with Gasteiger partial charge in [-0.2, -0.15) is 0 Å². The van der Waals surface area contributed by atoms with Crippen molar-refractivity contribution in [2.24, 2.45) is 5.41 Å². The molecule has 0 atom stereocenters. The molecule has 1 aliphatic rings. The highest BCUT2D eigenvalue weighted by molar-refractivity contribution is 6.42. The van der Waals surface area contributed by atoms with Crippen molar-refractivity contribution >= 4 is 34.8 Å². The zero-order chi connectivity index (χ0) is 12.3. The number of alkyl halides is 1. The molecule has 0 amide bonds. The summed E-state index contributed by atoms with van der Waals surface area (Å²) in [7, 11) is 0. The first kappa shape index (κ1) is 13.5. The van der Waals surface area contributed by atoms with Crippen molar-refractivity contribution < 1.29 is 4.74 Å². The Kier molecular flexibility index (Phi) is 4.59. The number of hydrogen-bond acceptors (Lipinski definition) is 1. The quantitative estimate of drug-likeness (QED) is 0.742.